The maximum Gasteiger partial charge on any atom is 0.0948 e. The summed E-state index contributed by atoms with van der Waals surface area (Å²) in [6, 6.07) is 8.89. The first-order valence-electron chi connectivity index (χ1n) is 8.98. The lowest BCUT2D eigenvalue weighted by Gasteiger charge is -2.29. The number of imidazole rings is 1. The Balaban J connectivity index is 1.52. The van der Waals surface area contributed by atoms with Crippen LogP contribution in [0.15, 0.2) is 36.8 Å². The molecule has 0 unspecified atom stereocenters. The van der Waals surface area contributed by atoms with Crippen molar-refractivity contribution in [2.45, 2.75) is 25.9 Å². The molecule has 1 aromatic carbocycles. The van der Waals surface area contributed by atoms with Crippen molar-refractivity contribution in [3.8, 4) is 0 Å². The van der Waals surface area contributed by atoms with E-state index >= 15 is 0 Å². The molecule has 1 atom stereocenters. The number of morpholine rings is 1. The van der Waals surface area contributed by atoms with Crippen molar-refractivity contribution >= 4 is 5.69 Å². The van der Waals surface area contributed by atoms with Crippen LogP contribution in [-0.2, 0) is 17.8 Å². The van der Waals surface area contributed by atoms with Gasteiger partial charge >= 0.3 is 0 Å². The number of anilines is 1. The fourth-order valence-corrected chi connectivity index (χ4v) is 3.94. The molecule has 5 nitrogen and oxygen atoms in total. The quantitative estimate of drug-likeness (QED) is 0.844. The van der Waals surface area contributed by atoms with E-state index < -0.39 is 0 Å². The maximum absolute atomic E-state index is 5.49. The minimum Gasteiger partial charge on any atom is -0.379 e. The van der Waals surface area contributed by atoms with E-state index in [-0.39, 0.29) is 0 Å². The molecule has 0 amide bonds. The van der Waals surface area contributed by atoms with Crippen LogP contribution in [0.2, 0.25) is 0 Å². The first-order valence-corrected chi connectivity index (χ1v) is 8.98. The zero-order valence-corrected chi connectivity index (χ0v) is 14.4. The number of fused-ring (bicyclic) bond motifs is 1. The summed E-state index contributed by atoms with van der Waals surface area (Å²) in [5, 5.41) is 0. The van der Waals surface area contributed by atoms with Crippen LogP contribution in [-0.4, -0.2) is 53.8 Å². The van der Waals surface area contributed by atoms with Crippen LogP contribution in [0.5, 0.6) is 0 Å². The minimum atomic E-state index is 0.581. The number of hydrogen-bond donors (Lipinski definition) is 0. The lowest BCUT2D eigenvalue weighted by molar-refractivity contribution is 0.0356. The molecule has 0 N–H and O–H groups in total. The Morgan fingerprint density at radius 1 is 1.21 bits per heavy atom. The second kappa shape index (κ2) is 6.95. The highest BCUT2D eigenvalue weighted by Crippen LogP contribution is 2.37. The largest absolute Gasteiger partial charge is 0.379 e. The molecule has 2 aliphatic heterocycles. The summed E-state index contributed by atoms with van der Waals surface area (Å²) < 4.78 is 7.72. The predicted octanol–water partition coefficient (Wildman–Crippen LogP) is 2.34. The Kier molecular flexibility index (Phi) is 4.54. The van der Waals surface area contributed by atoms with Gasteiger partial charge in [0.15, 0.2) is 0 Å². The first-order chi connectivity index (χ1) is 11.8. The van der Waals surface area contributed by atoms with Gasteiger partial charge in [-0.3, -0.25) is 4.90 Å². The SMILES string of the molecule is CCn1cncc1CN1C[C@@H](CN2CCOCC2)c2ccccc21. The topological polar surface area (TPSA) is 33.5 Å². The van der Waals surface area contributed by atoms with Gasteiger partial charge in [-0.2, -0.15) is 0 Å². The van der Waals surface area contributed by atoms with Crippen LogP contribution in [0.1, 0.15) is 24.1 Å². The van der Waals surface area contributed by atoms with Gasteiger partial charge in [-0.1, -0.05) is 18.2 Å². The molecule has 4 rings (SSSR count). The van der Waals surface area contributed by atoms with Crippen molar-refractivity contribution < 1.29 is 4.74 Å². The summed E-state index contributed by atoms with van der Waals surface area (Å²) >= 11 is 0. The average Bonchev–Trinajstić information content (AvgIpc) is 3.21. The normalized spacial score (nSPS) is 21.2. The summed E-state index contributed by atoms with van der Waals surface area (Å²) in [7, 11) is 0. The molecule has 3 heterocycles. The van der Waals surface area contributed by atoms with Gasteiger partial charge in [-0.25, -0.2) is 4.98 Å². The maximum atomic E-state index is 5.49. The van der Waals surface area contributed by atoms with Gasteiger partial charge in [-0.05, 0) is 18.6 Å². The Morgan fingerprint density at radius 3 is 2.88 bits per heavy atom. The van der Waals surface area contributed by atoms with Crippen LogP contribution in [0.3, 0.4) is 0 Å². The molecule has 0 bridgehead atoms. The van der Waals surface area contributed by atoms with Crippen LogP contribution in [0, 0.1) is 0 Å². The van der Waals surface area contributed by atoms with Crippen molar-refractivity contribution in [3.63, 3.8) is 0 Å². The molecule has 2 aliphatic rings. The molecular weight excluding hydrogens is 300 g/mol. The lowest BCUT2D eigenvalue weighted by atomic mass is 10.0. The number of nitrogens with zero attached hydrogens (tertiary/aromatic N) is 4. The van der Waals surface area contributed by atoms with E-state index in [2.05, 4.69) is 50.5 Å². The highest BCUT2D eigenvalue weighted by atomic mass is 16.5. The monoisotopic (exact) mass is 326 g/mol. The Labute approximate surface area is 143 Å². The van der Waals surface area contributed by atoms with Crippen LogP contribution < -0.4 is 4.90 Å². The zero-order chi connectivity index (χ0) is 16.4. The van der Waals surface area contributed by atoms with E-state index in [1.807, 2.05) is 12.5 Å². The lowest BCUT2D eigenvalue weighted by Crippen LogP contribution is -2.39. The Bertz CT molecular complexity index is 678. The van der Waals surface area contributed by atoms with E-state index in [9.17, 15) is 0 Å². The molecule has 0 spiro atoms. The van der Waals surface area contributed by atoms with Gasteiger partial charge in [-0.15, -0.1) is 0 Å². The van der Waals surface area contributed by atoms with E-state index in [1.54, 1.807) is 0 Å². The molecule has 0 saturated carbocycles. The number of hydrogen-bond acceptors (Lipinski definition) is 4. The van der Waals surface area contributed by atoms with E-state index in [4.69, 9.17) is 4.74 Å². The van der Waals surface area contributed by atoms with Crippen LogP contribution in [0.25, 0.3) is 0 Å². The molecular formula is C19H26N4O. The van der Waals surface area contributed by atoms with E-state index in [0.29, 0.717) is 5.92 Å². The fourth-order valence-electron chi connectivity index (χ4n) is 3.94. The highest BCUT2D eigenvalue weighted by molar-refractivity contribution is 5.60. The number of para-hydroxylation sites is 1. The smallest absolute Gasteiger partial charge is 0.0948 e. The first kappa shape index (κ1) is 15.7. The second-order valence-electron chi connectivity index (χ2n) is 6.72. The summed E-state index contributed by atoms with van der Waals surface area (Å²) in [5.41, 5.74) is 4.17. The minimum absolute atomic E-state index is 0.581. The van der Waals surface area contributed by atoms with Gasteiger partial charge in [0.05, 0.1) is 31.8 Å². The van der Waals surface area contributed by atoms with Crippen LogP contribution in [0.4, 0.5) is 5.69 Å². The van der Waals surface area contributed by atoms with Gasteiger partial charge in [0.2, 0.25) is 0 Å². The van der Waals surface area contributed by atoms with Crippen molar-refractivity contribution in [2.75, 3.05) is 44.3 Å². The molecule has 1 fully saturated rings. The summed E-state index contributed by atoms with van der Waals surface area (Å²) in [6.45, 7) is 10.1. The Morgan fingerprint density at radius 2 is 2.04 bits per heavy atom. The standard InChI is InChI=1S/C19H26N4O/c1-2-22-15-20-11-17(22)14-23-13-16(12-21-7-9-24-10-8-21)18-5-3-4-6-19(18)23/h3-6,11,15-16H,2,7-10,12-14H2,1H3/t16-/m1/s1. The number of aryl methyl sites for hydroxylation is 1. The summed E-state index contributed by atoms with van der Waals surface area (Å²) in [4.78, 5) is 9.38. The highest BCUT2D eigenvalue weighted by Gasteiger charge is 2.30. The van der Waals surface area contributed by atoms with E-state index in [0.717, 1.165) is 52.5 Å². The van der Waals surface area contributed by atoms with Gasteiger partial charge in [0.1, 0.15) is 0 Å². The molecule has 5 heteroatoms. The third-order valence-electron chi connectivity index (χ3n) is 5.23. The fraction of sp³-hybridized carbons (Fsp3) is 0.526. The number of ether oxygens (including phenoxy) is 1. The molecule has 24 heavy (non-hydrogen) atoms. The second-order valence-corrected chi connectivity index (χ2v) is 6.72. The van der Waals surface area contributed by atoms with E-state index in [1.165, 1.54) is 16.9 Å². The molecule has 0 aliphatic carbocycles. The van der Waals surface area contributed by atoms with Gasteiger partial charge < -0.3 is 14.2 Å². The molecule has 1 saturated heterocycles. The summed E-state index contributed by atoms with van der Waals surface area (Å²) in [5.74, 6) is 0.581. The van der Waals surface area contributed by atoms with Crippen molar-refractivity contribution in [1.29, 1.82) is 0 Å². The van der Waals surface area contributed by atoms with Crippen molar-refractivity contribution in [3.05, 3.63) is 48.0 Å². The molecule has 0 radical (unpaired) electrons. The zero-order valence-electron chi connectivity index (χ0n) is 14.4. The third kappa shape index (κ3) is 3.06. The average molecular weight is 326 g/mol. The van der Waals surface area contributed by atoms with Crippen molar-refractivity contribution in [2.24, 2.45) is 0 Å². The number of rotatable bonds is 5. The Hall–Kier alpha value is -1.85. The van der Waals surface area contributed by atoms with Gasteiger partial charge in [0, 0.05) is 50.5 Å². The van der Waals surface area contributed by atoms with Gasteiger partial charge in [0.25, 0.3) is 0 Å². The number of aromatic nitrogens is 2. The molecule has 128 valence electrons. The van der Waals surface area contributed by atoms with Crippen LogP contribution >= 0.6 is 0 Å². The summed E-state index contributed by atoms with van der Waals surface area (Å²) in [6.07, 6.45) is 3.93. The molecule has 1 aromatic heterocycles. The number of benzene rings is 1. The predicted molar refractivity (Wildman–Crippen MR) is 95.4 cm³/mol. The van der Waals surface area contributed by atoms with Crippen molar-refractivity contribution in [1.82, 2.24) is 14.5 Å². The molecule has 2 aromatic rings. The third-order valence-corrected chi connectivity index (χ3v) is 5.23.